The van der Waals surface area contributed by atoms with Crippen molar-refractivity contribution < 1.29 is 9.59 Å². The number of hydrogen-bond acceptors (Lipinski definition) is 2. The largest absolute Gasteiger partial charge is 0.350 e. The molecule has 1 unspecified atom stereocenters. The molecule has 5 heteroatoms. The highest BCUT2D eigenvalue weighted by molar-refractivity contribution is 6.03. The monoisotopic (exact) mass is 437 g/mol. The molecule has 2 heterocycles. The molecule has 1 atom stereocenters. The number of hydrogen-bond donors (Lipinski definition) is 1. The highest BCUT2D eigenvalue weighted by Gasteiger charge is 2.47. The summed E-state index contributed by atoms with van der Waals surface area (Å²) in [5.74, 6) is -0.286. The van der Waals surface area contributed by atoms with Crippen LogP contribution in [-0.4, -0.2) is 26.8 Å². The Morgan fingerprint density at radius 3 is 2.39 bits per heavy atom. The lowest BCUT2D eigenvalue weighted by Crippen LogP contribution is -2.63. The van der Waals surface area contributed by atoms with E-state index >= 15 is 0 Å². The molecule has 0 spiro atoms. The van der Waals surface area contributed by atoms with E-state index in [1.807, 2.05) is 103 Å². The molecular formula is C28H27N3O2. The molecule has 1 N–H and O–H groups in total. The van der Waals surface area contributed by atoms with E-state index in [0.29, 0.717) is 25.3 Å². The van der Waals surface area contributed by atoms with E-state index in [9.17, 15) is 9.59 Å². The fraction of sp³-hybridized carbons (Fsp3) is 0.214. The maximum Gasteiger partial charge on any atom is 0.271 e. The molecule has 0 bridgehead atoms. The summed E-state index contributed by atoms with van der Waals surface area (Å²) in [5.41, 5.74) is 3.74. The van der Waals surface area contributed by atoms with Gasteiger partial charge in [0.25, 0.3) is 5.91 Å². The normalized spacial score (nSPS) is 17.8. The fourth-order valence-corrected chi connectivity index (χ4v) is 4.60. The molecule has 0 fully saturated rings. The molecule has 2 amide bonds. The molecular weight excluding hydrogens is 410 g/mol. The summed E-state index contributed by atoms with van der Waals surface area (Å²) in [5, 5.41) is 4.08. The van der Waals surface area contributed by atoms with E-state index in [1.54, 1.807) is 4.90 Å². The second-order valence-electron chi connectivity index (χ2n) is 8.99. The Labute approximate surface area is 193 Å². The Morgan fingerprint density at radius 1 is 0.939 bits per heavy atom. The molecule has 166 valence electrons. The zero-order chi connectivity index (χ0) is 23.0. The van der Waals surface area contributed by atoms with Gasteiger partial charge in [0.2, 0.25) is 5.91 Å². The SMILES string of the molecule is Cc1ccc(CN2C(=O)c3cc4ccccc4n3CC2(C)C(=O)NCc2ccccc2)cc1. The third kappa shape index (κ3) is 3.80. The molecule has 0 saturated heterocycles. The van der Waals surface area contributed by atoms with Gasteiger partial charge >= 0.3 is 0 Å². The van der Waals surface area contributed by atoms with E-state index in [2.05, 4.69) is 5.32 Å². The Bertz CT molecular complexity index is 1320. The van der Waals surface area contributed by atoms with Crippen molar-refractivity contribution in [3.8, 4) is 0 Å². The van der Waals surface area contributed by atoms with Crippen LogP contribution in [0.25, 0.3) is 10.9 Å². The van der Waals surface area contributed by atoms with Crippen LogP contribution in [0, 0.1) is 6.92 Å². The van der Waals surface area contributed by atoms with Crippen molar-refractivity contribution in [2.75, 3.05) is 0 Å². The van der Waals surface area contributed by atoms with Crippen LogP contribution in [0.1, 0.15) is 34.1 Å². The van der Waals surface area contributed by atoms with E-state index in [0.717, 1.165) is 27.6 Å². The van der Waals surface area contributed by atoms with Gasteiger partial charge in [0.1, 0.15) is 11.2 Å². The van der Waals surface area contributed by atoms with Crippen LogP contribution in [0.4, 0.5) is 0 Å². The van der Waals surface area contributed by atoms with Gasteiger partial charge in [-0.25, -0.2) is 0 Å². The first kappa shape index (κ1) is 21.0. The van der Waals surface area contributed by atoms with Gasteiger partial charge in [0.15, 0.2) is 0 Å². The minimum Gasteiger partial charge on any atom is -0.350 e. The van der Waals surface area contributed by atoms with Gasteiger partial charge in [-0.3, -0.25) is 9.59 Å². The van der Waals surface area contributed by atoms with Crippen LogP contribution in [0.3, 0.4) is 0 Å². The predicted octanol–water partition coefficient (Wildman–Crippen LogP) is 4.68. The van der Waals surface area contributed by atoms with Crippen LogP contribution >= 0.6 is 0 Å². The summed E-state index contributed by atoms with van der Waals surface area (Å²) >= 11 is 0. The molecule has 33 heavy (non-hydrogen) atoms. The van der Waals surface area contributed by atoms with Crippen molar-refractivity contribution in [1.82, 2.24) is 14.8 Å². The van der Waals surface area contributed by atoms with Crippen molar-refractivity contribution in [3.05, 3.63) is 107 Å². The first-order valence-electron chi connectivity index (χ1n) is 11.2. The number of aryl methyl sites for hydroxylation is 1. The second-order valence-corrected chi connectivity index (χ2v) is 8.99. The second kappa shape index (κ2) is 8.24. The summed E-state index contributed by atoms with van der Waals surface area (Å²) in [6.45, 7) is 5.09. The molecule has 0 radical (unpaired) electrons. The number of nitrogens with one attached hydrogen (secondary N) is 1. The Hall–Kier alpha value is -3.86. The number of aromatic nitrogens is 1. The first-order chi connectivity index (χ1) is 16.0. The average molecular weight is 438 g/mol. The van der Waals surface area contributed by atoms with Crippen LogP contribution < -0.4 is 5.32 Å². The number of para-hydroxylation sites is 1. The molecule has 1 aliphatic heterocycles. The van der Waals surface area contributed by atoms with E-state index in [-0.39, 0.29) is 11.8 Å². The summed E-state index contributed by atoms with van der Waals surface area (Å²) in [6.07, 6.45) is 0. The van der Waals surface area contributed by atoms with Crippen LogP contribution in [0.15, 0.2) is 84.9 Å². The molecule has 1 aromatic heterocycles. The lowest BCUT2D eigenvalue weighted by atomic mass is 9.93. The highest BCUT2D eigenvalue weighted by atomic mass is 16.2. The van der Waals surface area contributed by atoms with Gasteiger partial charge in [-0.05, 0) is 37.1 Å². The number of carbonyl (C=O) groups excluding carboxylic acids is 2. The van der Waals surface area contributed by atoms with Crippen molar-refractivity contribution in [3.63, 3.8) is 0 Å². The lowest BCUT2D eigenvalue weighted by Gasteiger charge is -2.44. The maximum atomic E-state index is 13.8. The van der Waals surface area contributed by atoms with Crippen molar-refractivity contribution >= 4 is 22.7 Å². The summed E-state index contributed by atoms with van der Waals surface area (Å²) in [4.78, 5) is 29.1. The first-order valence-corrected chi connectivity index (χ1v) is 11.2. The van der Waals surface area contributed by atoms with Crippen LogP contribution in [-0.2, 0) is 24.4 Å². The minimum atomic E-state index is -1.04. The standard InChI is InChI=1S/C28H27N3O2/c1-20-12-14-22(15-13-20)18-31-26(32)25-16-23-10-6-7-11-24(23)30(25)19-28(31,2)27(33)29-17-21-8-4-3-5-9-21/h3-16H,17-19H2,1-2H3,(H,29,33). The summed E-state index contributed by atoms with van der Waals surface area (Å²) in [7, 11) is 0. The molecule has 5 nitrogen and oxygen atoms in total. The topological polar surface area (TPSA) is 54.3 Å². The molecule has 1 aliphatic rings. The van der Waals surface area contributed by atoms with E-state index < -0.39 is 5.54 Å². The van der Waals surface area contributed by atoms with E-state index in [4.69, 9.17) is 0 Å². The summed E-state index contributed by atoms with van der Waals surface area (Å²) < 4.78 is 1.99. The Morgan fingerprint density at radius 2 is 1.64 bits per heavy atom. The van der Waals surface area contributed by atoms with Gasteiger partial charge in [0.05, 0.1) is 6.54 Å². The highest BCUT2D eigenvalue weighted by Crippen LogP contribution is 2.33. The number of fused-ring (bicyclic) bond motifs is 3. The number of nitrogens with zero attached hydrogens (tertiary/aromatic N) is 2. The van der Waals surface area contributed by atoms with Gasteiger partial charge in [-0.1, -0.05) is 78.4 Å². The van der Waals surface area contributed by atoms with Crippen molar-refractivity contribution in [2.45, 2.75) is 39.0 Å². The fourth-order valence-electron chi connectivity index (χ4n) is 4.60. The number of benzene rings is 3. The quantitative estimate of drug-likeness (QED) is 0.493. The number of carbonyl (C=O) groups is 2. The molecule has 3 aromatic carbocycles. The Kier molecular flexibility index (Phi) is 5.25. The third-order valence-corrected chi connectivity index (χ3v) is 6.58. The molecule has 5 rings (SSSR count). The zero-order valence-corrected chi connectivity index (χ0v) is 18.9. The smallest absolute Gasteiger partial charge is 0.271 e. The minimum absolute atomic E-state index is 0.129. The zero-order valence-electron chi connectivity index (χ0n) is 18.9. The van der Waals surface area contributed by atoms with E-state index in [1.165, 1.54) is 0 Å². The maximum absolute atomic E-state index is 13.8. The van der Waals surface area contributed by atoms with Crippen LogP contribution in [0.2, 0.25) is 0 Å². The average Bonchev–Trinajstić information content (AvgIpc) is 3.20. The van der Waals surface area contributed by atoms with Gasteiger partial charge in [-0.15, -0.1) is 0 Å². The molecule has 0 saturated carbocycles. The summed E-state index contributed by atoms with van der Waals surface area (Å²) in [6, 6.07) is 27.8. The number of amides is 2. The van der Waals surface area contributed by atoms with Crippen molar-refractivity contribution in [1.29, 1.82) is 0 Å². The molecule has 0 aliphatic carbocycles. The van der Waals surface area contributed by atoms with Crippen LogP contribution in [0.5, 0.6) is 0 Å². The molecule has 4 aromatic rings. The van der Waals surface area contributed by atoms with Gasteiger partial charge < -0.3 is 14.8 Å². The predicted molar refractivity (Wildman–Crippen MR) is 130 cm³/mol. The van der Waals surface area contributed by atoms with Crippen molar-refractivity contribution in [2.24, 2.45) is 0 Å². The number of rotatable bonds is 5. The van der Waals surface area contributed by atoms with Gasteiger partial charge in [0, 0.05) is 24.0 Å². The van der Waals surface area contributed by atoms with Gasteiger partial charge in [-0.2, -0.15) is 0 Å². The Balaban J connectivity index is 1.53. The lowest BCUT2D eigenvalue weighted by molar-refractivity contribution is -0.133. The third-order valence-electron chi connectivity index (χ3n) is 6.58.